The molecule has 0 aromatic heterocycles. The van der Waals surface area contributed by atoms with Crippen LogP contribution in [0.25, 0.3) is 0 Å². The molecule has 0 saturated heterocycles. The van der Waals surface area contributed by atoms with Crippen LogP contribution in [0.5, 0.6) is 0 Å². The van der Waals surface area contributed by atoms with Gasteiger partial charge in [-0.15, -0.1) is 0 Å². The van der Waals surface area contributed by atoms with Gasteiger partial charge in [-0.2, -0.15) is 0 Å². The van der Waals surface area contributed by atoms with E-state index in [4.69, 9.17) is 28.9 Å². The summed E-state index contributed by atoms with van der Waals surface area (Å²) in [6.45, 7) is 2.59. The van der Waals surface area contributed by atoms with Crippen LogP contribution in [0.2, 0.25) is 10.0 Å². The van der Waals surface area contributed by atoms with E-state index in [1.54, 1.807) is 0 Å². The van der Waals surface area contributed by atoms with Crippen molar-refractivity contribution in [2.24, 2.45) is 0 Å². The molecule has 0 saturated carbocycles. The Labute approximate surface area is 134 Å². The Morgan fingerprint density at radius 3 is 2.48 bits per heavy atom. The van der Waals surface area contributed by atoms with Crippen LogP contribution in [0, 0.1) is 6.92 Å². The maximum absolute atomic E-state index is 12.0. The molecule has 2 rings (SSSR count). The highest BCUT2D eigenvalue weighted by atomic mass is 35.5. The van der Waals surface area contributed by atoms with E-state index in [1.165, 1.54) is 23.3 Å². The zero-order valence-electron chi connectivity index (χ0n) is 11.6. The lowest BCUT2D eigenvalue weighted by Gasteiger charge is -2.08. The molecule has 3 nitrogen and oxygen atoms in total. The molecule has 21 heavy (non-hydrogen) atoms. The second-order valence-electron chi connectivity index (χ2n) is 4.85. The molecule has 0 aliphatic carbocycles. The first-order valence-corrected chi connectivity index (χ1v) is 7.31. The Morgan fingerprint density at radius 1 is 1.19 bits per heavy atom. The number of carbonyl (C=O) groups is 1. The van der Waals surface area contributed by atoms with Crippen molar-refractivity contribution in [1.82, 2.24) is 5.32 Å². The smallest absolute Gasteiger partial charge is 0.251 e. The lowest BCUT2D eigenvalue weighted by molar-refractivity contribution is 0.0954. The first kappa shape index (κ1) is 15.7. The lowest BCUT2D eigenvalue weighted by Crippen LogP contribution is -2.25. The summed E-state index contributed by atoms with van der Waals surface area (Å²) in [5, 5.41) is 3.41. The lowest BCUT2D eigenvalue weighted by atomic mass is 10.1. The highest BCUT2D eigenvalue weighted by Gasteiger charge is 2.10. The summed E-state index contributed by atoms with van der Waals surface area (Å²) in [6, 6.07) is 11.2. The van der Waals surface area contributed by atoms with E-state index in [0.717, 1.165) is 6.42 Å². The van der Waals surface area contributed by atoms with Gasteiger partial charge in [0, 0.05) is 12.1 Å². The number of nitrogens with two attached hydrogens (primary N) is 1. The number of halogens is 2. The standard InChI is InChI=1S/C16H16Cl2N2O/c1-10-3-2-4-11(7-10)5-6-20-16(21)12-8-13(17)15(19)14(18)9-12/h2-4,7-9H,5-6,19H2,1H3,(H,20,21). The Kier molecular flexibility index (Phi) is 5.10. The molecule has 110 valence electrons. The van der Waals surface area contributed by atoms with E-state index >= 15 is 0 Å². The third-order valence-electron chi connectivity index (χ3n) is 3.12. The molecule has 0 bridgehead atoms. The number of rotatable bonds is 4. The van der Waals surface area contributed by atoms with Crippen LogP contribution in [0.3, 0.4) is 0 Å². The summed E-state index contributed by atoms with van der Waals surface area (Å²) in [5.74, 6) is -0.216. The molecular weight excluding hydrogens is 307 g/mol. The van der Waals surface area contributed by atoms with Crippen LogP contribution < -0.4 is 11.1 Å². The van der Waals surface area contributed by atoms with Crippen molar-refractivity contribution in [3.05, 3.63) is 63.1 Å². The number of hydrogen-bond acceptors (Lipinski definition) is 2. The fraction of sp³-hybridized carbons (Fsp3) is 0.188. The maximum atomic E-state index is 12.0. The zero-order valence-corrected chi connectivity index (χ0v) is 13.1. The molecule has 0 aliphatic heterocycles. The molecule has 0 atom stereocenters. The average Bonchev–Trinajstić information content (AvgIpc) is 2.44. The zero-order chi connectivity index (χ0) is 15.4. The van der Waals surface area contributed by atoms with Crippen molar-refractivity contribution < 1.29 is 4.79 Å². The summed E-state index contributed by atoms with van der Waals surface area (Å²) in [4.78, 5) is 12.0. The SMILES string of the molecule is Cc1cccc(CCNC(=O)c2cc(Cl)c(N)c(Cl)c2)c1. The van der Waals surface area contributed by atoms with Crippen LogP contribution in [-0.4, -0.2) is 12.5 Å². The van der Waals surface area contributed by atoms with Gasteiger partial charge in [0.15, 0.2) is 0 Å². The quantitative estimate of drug-likeness (QED) is 0.840. The molecule has 1 amide bonds. The normalized spacial score (nSPS) is 10.4. The first-order valence-electron chi connectivity index (χ1n) is 6.55. The molecule has 2 aromatic carbocycles. The van der Waals surface area contributed by atoms with Crippen molar-refractivity contribution in [2.75, 3.05) is 12.3 Å². The number of carbonyl (C=O) groups excluding carboxylic acids is 1. The predicted octanol–water partition coefficient (Wildman–Crippen LogP) is 3.86. The summed E-state index contributed by atoms with van der Waals surface area (Å²) in [7, 11) is 0. The van der Waals surface area contributed by atoms with Gasteiger partial charge >= 0.3 is 0 Å². The van der Waals surface area contributed by atoms with Gasteiger partial charge in [0.25, 0.3) is 5.91 Å². The summed E-state index contributed by atoms with van der Waals surface area (Å²) < 4.78 is 0. The van der Waals surface area contributed by atoms with Crippen LogP contribution >= 0.6 is 23.2 Å². The molecule has 0 unspecified atom stereocenters. The third-order valence-corrected chi connectivity index (χ3v) is 3.75. The Bertz CT molecular complexity index is 648. The molecule has 0 fully saturated rings. The molecule has 0 spiro atoms. The van der Waals surface area contributed by atoms with E-state index in [1.807, 2.05) is 25.1 Å². The maximum Gasteiger partial charge on any atom is 0.251 e. The Morgan fingerprint density at radius 2 is 1.86 bits per heavy atom. The van der Waals surface area contributed by atoms with Gasteiger partial charge < -0.3 is 11.1 Å². The van der Waals surface area contributed by atoms with Gasteiger partial charge in [0.2, 0.25) is 0 Å². The number of nitrogens with one attached hydrogen (secondary N) is 1. The second kappa shape index (κ2) is 6.83. The molecule has 2 aromatic rings. The van der Waals surface area contributed by atoms with Crippen molar-refractivity contribution in [3.8, 4) is 0 Å². The van der Waals surface area contributed by atoms with Gasteiger partial charge in [-0.25, -0.2) is 0 Å². The monoisotopic (exact) mass is 322 g/mol. The molecule has 5 heteroatoms. The van der Waals surface area contributed by atoms with Gasteiger partial charge in [-0.05, 0) is 31.0 Å². The van der Waals surface area contributed by atoms with E-state index in [-0.39, 0.29) is 21.6 Å². The van der Waals surface area contributed by atoms with Gasteiger partial charge in [-0.1, -0.05) is 53.0 Å². The first-order chi connectivity index (χ1) is 9.97. The molecule has 3 N–H and O–H groups in total. The van der Waals surface area contributed by atoms with Gasteiger partial charge in [0.1, 0.15) is 0 Å². The minimum absolute atomic E-state index is 0.216. The topological polar surface area (TPSA) is 55.1 Å². The number of aryl methyl sites for hydroxylation is 1. The summed E-state index contributed by atoms with van der Waals surface area (Å²) in [5.41, 5.74) is 8.73. The molecule has 0 aliphatic rings. The van der Waals surface area contributed by atoms with Crippen molar-refractivity contribution in [2.45, 2.75) is 13.3 Å². The minimum Gasteiger partial charge on any atom is -0.396 e. The highest BCUT2D eigenvalue weighted by molar-refractivity contribution is 6.39. The Hall–Kier alpha value is -1.71. The largest absolute Gasteiger partial charge is 0.396 e. The van der Waals surface area contributed by atoms with Crippen LogP contribution in [0.15, 0.2) is 36.4 Å². The van der Waals surface area contributed by atoms with E-state index in [0.29, 0.717) is 12.1 Å². The van der Waals surface area contributed by atoms with Crippen LogP contribution in [0.4, 0.5) is 5.69 Å². The predicted molar refractivity (Wildman–Crippen MR) is 88.1 cm³/mol. The minimum atomic E-state index is -0.216. The van der Waals surface area contributed by atoms with E-state index in [2.05, 4.69) is 11.4 Å². The van der Waals surface area contributed by atoms with E-state index in [9.17, 15) is 4.79 Å². The number of anilines is 1. The summed E-state index contributed by atoms with van der Waals surface area (Å²) >= 11 is 11.8. The Balaban J connectivity index is 1.96. The highest BCUT2D eigenvalue weighted by Crippen LogP contribution is 2.28. The number of benzene rings is 2. The fourth-order valence-corrected chi connectivity index (χ4v) is 2.49. The van der Waals surface area contributed by atoms with Crippen LogP contribution in [0.1, 0.15) is 21.5 Å². The van der Waals surface area contributed by atoms with Crippen molar-refractivity contribution >= 4 is 34.8 Å². The summed E-state index contributed by atoms with van der Waals surface area (Å²) in [6.07, 6.45) is 0.768. The molecule has 0 heterocycles. The van der Waals surface area contributed by atoms with E-state index < -0.39 is 0 Å². The van der Waals surface area contributed by atoms with Gasteiger partial charge in [-0.3, -0.25) is 4.79 Å². The van der Waals surface area contributed by atoms with Crippen LogP contribution in [-0.2, 0) is 6.42 Å². The number of amides is 1. The fourth-order valence-electron chi connectivity index (χ4n) is 2.01. The molecular formula is C16H16Cl2N2O. The average molecular weight is 323 g/mol. The number of nitrogen functional groups attached to an aromatic ring is 1. The van der Waals surface area contributed by atoms with Gasteiger partial charge in [0.05, 0.1) is 15.7 Å². The number of hydrogen-bond donors (Lipinski definition) is 2. The second-order valence-corrected chi connectivity index (χ2v) is 5.66. The molecule has 0 radical (unpaired) electrons. The van der Waals surface area contributed by atoms with Crippen molar-refractivity contribution in [3.63, 3.8) is 0 Å². The van der Waals surface area contributed by atoms with Crippen molar-refractivity contribution in [1.29, 1.82) is 0 Å². The third kappa shape index (κ3) is 4.13.